The Kier molecular flexibility index (Phi) is 4.63. The molecule has 0 aliphatic heterocycles. The minimum Gasteiger partial charge on any atom is -0.476 e. The largest absolute Gasteiger partial charge is 0.476 e. The van der Waals surface area contributed by atoms with Crippen molar-refractivity contribution in [1.29, 1.82) is 0 Å². The third kappa shape index (κ3) is 3.61. The van der Waals surface area contributed by atoms with Gasteiger partial charge in [0.2, 0.25) is 11.8 Å². The number of pyridine rings is 1. The molecule has 1 aromatic heterocycles. The van der Waals surface area contributed by atoms with Crippen molar-refractivity contribution in [2.75, 3.05) is 12.3 Å². The Labute approximate surface area is 120 Å². The topological polar surface area (TPSA) is 57.4 Å². The van der Waals surface area contributed by atoms with Gasteiger partial charge in [-0.05, 0) is 19.1 Å². The molecule has 0 bridgehead atoms. The summed E-state index contributed by atoms with van der Waals surface area (Å²) in [7, 11) is 0. The van der Waals surface area contributed by atoms with Crippen LogP contribution >= 0.6 is 15.9 Å². The molecule has 0 aliphatic carbocycles. The van der Waals surface area contributed by atoms with E-state index in [1.807, 2.05) is 31.2 Å². The molecule has 0 amide bonds. The molecule has 0 atom stereocenters. The Bertz CT molecular complexity index is 561. The van der Waals surface area contributed by atoms with Crippen LogP contribution < -0.4 is 15.2 Å². The molecule has 0 saturated heterocycles. The van der Waals surface area contributed by atoms with Crippen LogP contribution in [0.15, 0.2) is 40.9 Å². The molecule has 0 unspecified atom stereocenters. The number of hydrogen-bond donors (Lipinski definition) is 1. The summed E-state index contributed by atoms with van der Waals surface area (Å²) < 4.78 is 12.0. The highest BCUT2D eigenvalue weighted by atomic mass is 79.9. The van der Waals surface area contributed by atoms with E-state index in [2.05, 4.69) is 20.9 Å². The van der Waals surface area contributed by atoms with Crippen LogP contribution in [-0.4, -0.2) is 11.6 Å². The first-order chi connectivity index (χ1) is 9.20. The van der Waals surface area contributed by atoms with E-state index < -0.39 is 0 Å². The normalized spacial score (nSPS) is 10.2. The summed E-state index contributed by atoms with van der Waals surface area (Å²) in [5.74, 6) is 0.903. The molecule has 4 nitrogen and oxygen atoms in total. The van der Waals surface area contributed by atoms with Crippen LogP contribution in [0, 0.1) is 0 Å². The van der Waals surface area contributed by atoms with Crippen LogP contribution in [0.4, 0.5) is 5.69 Å². The molecule has 5 heteroatoms. The van der Waals surface area contributed by atoms with Gasteiger partial charge in [0, 0.05) is 16.1 Å². The fourth-order valence-corrected chi connectivity index (χ4v) is 1.93. The zero-order valence-electron chi connectivity index (χ0n) is 10.6. The summed E-state index contributed by atoms with van der Waals surface area (Å²) >= 11 is 3.48. The lowest BCUT2D eigenvalue weighted by Gasteiger charge is -2.10. The van der Waals surface area contributed by atoms with Gasteiger partial charge in [-0.3, -0.25) is 0 Å². The van der Waals surface area contributed by atoms with Crippen LogP contribution in [-0.2, 0) is 6.61 Å². The number of benzene rings is 1. The summed E-state index contributed by atoms with van der Waals surface area (Å²) in [5, 5.41) is 0. The number of anilines is 1. The molecule has 2 aromatic rings. The lowest BCUT2D eigenvalue weighted by atomic mass is 10.2. The average Bonchev–Trinajstić information content (AvgIpc) is 2.41. The third-order valence-corrected chi connectivity index (χ3v) is 3.25. The maximum Gasteiger partial charge on any atom is 0.240 e. The van der Waals surface area contributed by atoms with Gasteiger partial charge >= 0.3 is 0 Å². The Balaban J connectivity index is 2.07. The maximum absolute atomic E-state index is 5.76. The van der Waals surface area contributed by atoms with E-state index in [1.165, 1.54) is 0 Å². The highest BCUT2D eigenvalue weighted by Crippen LogP contribution is 2.23. The van der Waals surface area contributed by atoms with Gasteiger partial charge in [-0.15, -0.1) is 0 Å². The molecule has 1 heterocycles. The van der Waals surface area contributed by atoms with E-state index >= 15 is 0 Å². The first-order valence-corrected chi connectivity index (χ1v) is 6.75. The van der Waals surface area contributed by atoms with Crippen molar-refractivity contribution < 1.29 is 9.47 Å². The average molecular weight is 323 g/mol. The summed E-state index contributed by atoms with van der Waals surface area (Å²) in [6.07, 6.45) is 0. The van der Waals surface area contributed by atoms with Gasteiger partial charge in [0.25, 0.3) is 0 Å². The number of nitrogens with two attached hydrogens (primary N) is 1. The molecule has 1 aromatic carbocycles. The molecule has 0 saturated carbocycles. The number of rotatable bonds is 5. The molecule has 19 heavy (non-hydrogen) atoms. The fraction of sp³-hybridized carbons (Fsp3) is 0.214. The molecule has 0 fully saturated rings. The number of nitrogens with zero attached hydrogens (tertiary/aromatic N) is 1. The third-order valence-electron chi connectivity index (χ3n) is 2.48. The minimum absolute atomic E-state index is 0.409. The molecule has 100 valence electrons. The van der Waals surface area contributed by atoms with E-state index in [9.17, 15) is 0 Å². The van der Waals surface area contributed by atoms with E-state index in [4.69, 9.17) is 15.2 Å². The molecule has 2 N–H and O–H groups in total. The molecule has 0 radical (unpaired) electrons. The highest BCUT2D eigenvalue weighted by molar-refractivity contribution is 9.10. The van der Waals surface area contributed by atoms with Crippen LogP contribution in [0.25, 0.3) is 0 Å². The first-order valence-electron chi connectivity index (χ1n) is 5.96. The number of halogens is 1. The number of ether oxygens (including phenoxy) is 2. The first kappa shape index (κ1) is 13.7. The van der Waals surface area contributed by atoms with E-state index in [0.717, 1.165) is 10.0 Å². The summed E-state index contributed by atoms with van der Waals surface area (Å²) in [4.78, 5) is 4.22. The second-order valence-corrected chi connectivity index (χ2v) is 4.71. The zero-order valence-corrected chi connectivity index (χ0v) is 12.2. The lowest BCUT2D eigenvalue weighted by Crippen LogP contribution is -2.02. The second kappa shape index (κ2) is 6.43. The van der Waals surface area contributed by atoms with Crippen molar-refractivity contribution in [2.45, 2.75) is 13.5 Å². The Morgan fingerprint density at radius 2 is 1.95 bits per heavy atom. The van der Waals surface area contributed by atoms with Crippen molar-refractivity contribution in [3.8, 4) is 11.8 Å². The van der Waals surface area contributed by atoms with Crippen LogP contribution in [0.1, 0.15) is 12.5 Å². The summed E-state index contributed by atoms with van der Waals surface area (Å²) in [5.41, 5.74) is 7.32. The van der Waals surface area contributed by atoms with Gasteiger partial charge in [-0.1, -0.05) is 34.1 Å². The highest BCUT2D eigenvalue weighted by Gasteiger charge is 2.06. The van der Waals surface area contributed by atoms with Gasteiger partial charge in [0.1, 0.15) is 6.61 Å². The quantitative estimate of drug-likeness (QED) is 0.916. The van der Waals surface area contributed by atoms with Crippen LogP contribution in [0.5, 0.6) is 11.8 Å². The van der Waals surface area contributed by atoms with Crippen molar-refractivity contribution in [3.63, 3.8) is 0 Å². The standard InChI is InChI=1S/C14H15BrN2O2/c1-2-18-14-12(16)7-8-13(17-14)19-9-10-5-3-4-6-11(10)15/h3-8H,2,9,16H2,1H3. The van der Waals surface area contributed by atoms with Gasteiger partial charge < -0.3 is 15.2 Å². The van der Waals surface area contributed by atoms with Gasteiger partial charge in [0.15, 0.2) is 0 Å². The molecule has 0 aliphatic rings. The Morgan fingerprint density at radius 1 is 1.16 bits per heavy atom. The van der Waals surface area contributed by atoms with Crippen molar-refractivity contribution >= 4 is 21.6 Å². The summed E-state index contributed by atoms with van der Waals surface area (Å²) in [6.45, 7) is 2.84. The second-order valence-electron chi connectivity index (χ2n) is 3.86. The van der Waals surface area contributed by atoms with Gasteiger partial charge in [-0.25, -0.2) is 0 Å². The van der Waals surface area contributed by atoms with Crippen molar-refractivity contribution in [1.82, 2.24) is 4.98 Å². The van der Waals surface area contributed by atoms with Crippen molar-refractivity contribution in [2.24, 2.45) is 0 Å². The molecule has 0 spiro atoms. The maximum atomic E-state index is 5.76. The summed E-state index contributed by atoms with van der Waals surface area (Å²) in [6, 6.07) is 11.3. The molecular weight excluding hydrogens is 308 g/mol. The smallest absolute Gasteiger partial charge is 0.240 e. The predicted octanol–water partition coefficient (Wildman–Crippen LogP) is 3.40. The number of hydrogen-bond acceptors (Lipinski definition) is 4. The number of aromatic nitrogens is 1. The monoisotopic (exact) mass is 322 g/mol. The van der Waals surface area contributed by atoms with E-state index in [1.54, 1.807) is 12.1 Å². The molecule has 2 rings (SSSR count). The predicted molar refractivity (Wildman–Crippen MR) is 78.3 cm³/mol. The zero-order chi connectivity index (χ0) is 13.7. The van der Waals surface area contributed by atoms with E-state index in [-0.39, 0.29) is 0 Å². The fourth-order valence-electron chi connectivity index (χ4n) is 1.53. The molecular formula is C14H15BrN2O2. The van der Waals surface area contributed by atoms with Crippen LogP contribution in [0.2, 0.25) is 0 Å². The minimum atomic E-state index is 0.409. The van der Waals surface area contributed by atoms with Gasteiger partial charge in [-0.2, -0.15) is 4.98 Å². The SMILES string of the molecule is CCOc1nc(OCc2ccccc2Br)ccc1N. The van der Waals surface area contributed by atoms with Crippen molar-refractivity contribution in [3.05, 3.63) is 46.4 Å². The number of nitrogen functional groups attached to an aromatic ring is 1. The Hall–Kier alpha value is -1.75. The van der Waals surface area contributed by atoms with Gasteiger partial charge in [0.05, 0.1) is 12.3 Å². The van der Waals surface area contributed by atoms with E-state index in [0.29, 0.717) is 30.7 Å². The Morgan fingerprint density at radius 3 is 2.68 bits per heavy atom. The lowest BCUT2D eigenvalue weighted by molar-refractivity contribution is 0.279. The van der Waals surface area contributed by atoms with Crippen LogP contribution in [0.3, 0.4) is 0 Å².